The lowest BCUT2D eigenvalue weighted by Gasteiger charge is -2.20. The molecule has 3 aromatic rings. The highest BCUT2D eigenvalue weighted by Gasteiger charge is 2.27. The molecule has 1 aliphatic rings. The number of carbonyl (C=O) groups is 2. The van der Waals surface area contributed by atoms with E-state index >= 15 is 0 Å². The molecule has 2 heterocycles. The molecule has 5 N–H and O–H groups in total. The van der Waals surface area contributed by atoms with Gasteiger partial charge in [0.05, 0.1) is 29.7 Å². The largest absolute Gasteiger partial charge is 0.496 e. The van der Waals surface area contributed by atoms with Crippen LogP contribution >= 0.6 is 0 Å². The number of nitrogens with zero attached hydrogens (tertiary/aromatic N) is 2. The molecule has 9 nitrogen and oxygen atoms in total. The van der Waals surface area contributed by atoms with Crippen molar-refractivity contribution in [1.29, 1.82) is 0 Å². The number of carbonyl (C=O) groups excluding carboxylic acids is 2. The molecule has 1 fully saturated rings. The van der Waals surface area contributed by atoms with E-state index in [0.29, 0.717) is 30.3 Å². The predicted octanol–water partition coefficient (Wildman–Crippen LogP) is 2.53. The third-order valence-electron chi connectivity index (χ3n) is 5.83. The minimum Gasteiger partial charge on any atom is -0.496 e. The summed E-state index contributed by atoms with van der Waals surface area (Å²) < 4.78 is 25.6. The van der Waals surface area contributed by atoms with Crippen LogP contribution in [0.3, 0.4) is 0 Å². The average Bonchev–Trinajstić information content (AvgIpc) is 3.20. The van der Waals surface area contributed by atoms with Gasteiger partial charge in [-0.2, -0.15) is 5.10 Å². The number of primary amides is 1. The summed E-state index contributed by atoms with van der Waals surface area (Å²) in [5.74, 6) is -1.27. The maximum Gasteiger partial charge on any atom is 0.269 e. The molecule has 2 amide bonds. The maximum atomic E-state index is 13.6. The number of benzene rings is 2. The summed E-state index contributed by atoms with van der Waals surface area (Å²) in [5, 5.41) is 7.36. The number of aromatic nitrogens is 2. The minimum atomic E-state index is -0.663. The summed E-state index contributed by atoms with van der Waals surface area (Å²) in [4.78, 5) is 24.6. The number of methoxy groups -OCH3 is 1. The van der Waals surface area contributed by atoms with Gasteiger partial charge in [0.15, 0.2) is 5.69 Å². The van der Waals surface area contributed by atoms with Crippen molar-refractivity contribution in [2.45, 2.75) is 25.3 Å². The smallest absolute Gasteiger partial charge is 0.269 e. The standard InChI is InChI=1S/C24H26FN5O4/c1-33-19-7-4-16(25)12-18(19)24(32)28-13-14-2-5-17(6-3-14)30-22(23(27)31)20(26)21(29-30)15-8-10-34-11-9-15/h2-7,12,15H,8-11,13,26H2,1H3,(H2,27,31)(H,28,32). The highest BCUT2D eigenvalue weighted by Crippen LogP contribution is 2.33. The Bertz CT molecular complexity index is 1200. The van der Waals surface area contributed by atoms with E-state index in [0.717, 1.165) is 24.5 Å². The first kappa shape index (κ1) is 23.2. The van der Waals surface area contributed by atoms with E-state index in [1.54, 1.807) is 24.3 Å². The van der Waals surface area contributed by atoms with Gasteiger partial charge in [-0.3, -0.25) is 9.59 Å². The van der Waals surface area contributed by atoms with Gasteiger partial charge in [0.2, 0.25) is 0 Å². The number of nitrogen functional groups attached to an aromatic ring is 1. The second-order valence-electron chi connectivity index (χ2n) is 8.00. The Hall–Kier alpha value is -3.92. The predicted molar refractivity (Wildman–Crippen MR) is 123 cm³/mol. The topological polar surface area (TPSA) is 134 Å². The molecule has 0 bridgehead atoms. The van der Waals surface area contributed by atoms with Crippen LogP contribution in [0.1, 0.15) is 50.9 Å². The molecule has 34 heavy (non-hydrogen) atoms. The fourth-order valence-electron chi connectivity index (χ4n) is 4.03. The van der Waals surface area contributed by atoms with Crippen molar-refractivity contribution in [2.24, 2.45) is 5.73 Å². The second kappa shape index (κ2) is 9.92. The third kappa shape index (κ3) is 4.72. The second-order valence-corrected chi connectivity index (χ2v) is 8.00. The monoisotopic (exact) mass is 467 g/mol. The molecule has 0 spiro atoms. The lowest BCUT2D eigenvalue weighted by atomic mass is 9.95. The zero-order valence-electron chi connectivity index (χ0n) is 18.7. The van der Waals surface area contributed by atoms with E-state index < -0.39 is 17.6 Å². The van der Waals surface area contributed by atoms with Crippen molar-refractivity contribution < 1.29 is 23.5 Å². The number of rotatable bonds is 7. The van der Waals surface area contributed by atoms with E-state index in [-0.39, 0.29) is 29.5 Å². The highest BCUT2D eigenvalue weighted by molar-refractivity contribution is 5.98. The van der Waals surface area contributed by atoms with Crippen LogP contribution in [-0.2, 0) is 11.3 Å². The van der Waals surface area contributed by atoms with Crippen molar-refractivity contribution >= 4 is 17.5 Å². The van der Waals surface area contributed by atoms with Crippen molar-refractivity contribution in [3.8, 4) is 11.4 Å². The molecule has 0 saturated carbocycles. The number of ether oxygens (including phenoxy) is 2. The molecule has 1 saturated heterocycles. The van der Waals surface area contributed by atoms with Crippen molar-refractivity contribution in [3.63, 3.8) is 0 Å². The molecular formula is C24H26FN5O4. The number of anilines is 1. The summed E-state index contributed by atoms with van der Waals surface area (Å²) in [7, 11) is 1.42. The van der Waals surface area contributed by atoms with Gasteiger partial charge in [0, 0.05) is 25.7 Å². The van der Waals surface area contributed by atoms with Crippen molar-refractivity contribution in [2.75, 3.05) is 26.1 Å². The Morgan fingerprint density at radius 3 is 2.56 bits per heavy atom. The lowest BCUT2D eigenvalue weighted by Crippen LogP contribution is -2.23. The third-order valence-corrected chi connectivity index (χ3v) is 5.83. The highest BCUT2D eigenvalue weighted by atomic mass is 19.1. The number of nitrogens with two attached hydrogens (primary N) is 2. The van der Waals surface area contributed by atoms with Gasteiger partial charge in [-0.15, -0.1) is 0 Å². The molecule has 1 aliphatic heterocycles. The molecule has 4 rings (SSSR count). The van der Waals surface area contributed by atoms with Crippen LogP contribution in [0.2, 0.25) is 0 Å². The van der Waals surface area contributed by atoms with Gasteiger partial charge >= 0.3 is 0 Å². The van der Waals surface area contributed by atoms with Crippen LogP contribution in [0.4, 0.5) is 10.1 Å². The van der Waals surface area contributed by atoms with Gasteiger partial charge in [-0.1, -0.05) is 12.1 Å². The molecule has 1 aromatic heterocycles. The van der Waals surface area contributed by atoms with Gasteiger partial charge < -0.3 is 26.3 Å². The van der Waals surface area contributed by atoms with Gasteiger partial charge in [0.1, 0.15) is 11.6 Å². The number of hydrogen-bond acceptors (Lipinski definition) is 6. The molecule has 10 heteroatoms. The van der Waals surface area contributed by atoms with Crippen LogP contribution < -0.4 is 21.5 Å². The lowest BCUT2D eigenvalue weighted by molar-refractivity contribution is 0.0845. The summed E-state index contributed by atoms with van der Waals surface area (Å²) in [6.07, 6.45) is 1.54. The SMILES string of the molecule is COc1ccc(F)cc1C(=O)NCc1ccc(-n2nc(C3CCOCC3)c(N)c2C(N)=O)cc1. The molecule has 0 aliphatic carbocycles. The zero-order valence-corrected chi connectivity index (χ0v) is 18.7. The summed E-state index contributed by atoms with van der Waals surface area (Å²) in [5.41, 5.74) is 14.5. The summed E-state index contributed by atoms with van der Waals surface area (Å²) >= 11 is 0. The maximum absolute atomic E-state index is 13.6. The van der Waals surface area contributed by atoms with Crippen LogP contribution in [0.15, 0.2) is 42.5 Å². The van der Waals surface area contributed by atoms with E-state index in [1.807, 2.05) is 0 Å². The fraction of sp³-hybridized carbons (Fsp3) is 0.292. The van der Waals surface area contributed by atoms with Crippen molar-refractivity contribution in [3.05, 3.63) is 70.8 Å². The molecule has 0 unspecified atom stereocenters. The Morgan fingerprint density at radius 2 is 1.91 bits per heavy atom. The Balaban J connectivity index is 1.52. The Morgan fingerprint density at radius 1 is 1.21 bits per heavy atom. The fourth-order valence-corrected chi connectivity index (χ4v) is 4.03. The van der Waals surface area contributed by atoms with Crippen LogP contribution in [0, 0.1) is 5.82 Å². The van der Waals surface area contributed by atoms with Gasteiger partial charge in [-0.05, 0) is 48.7 Å². The van der Waals surface area contributed by atoms with Gasteiger partial charge in [-0.25, -0.2) is 9.07 Å². The number of nitrogens with one attached hydrogen (secondary N) is 1. The molecular weight excluding hydrogens is 441 g/mol. The molecule has 2 aromatic carbocycles. The van der Waals surface area contributed by atoms with Crippen molar-refractivity contribution in [1.82, 2.24) is 15.1 Å². The Kier molecular flexibility index (Phi) is 6.78. The Labute approximate surface area is 195 Å². The molecule has 0 radical (unpaired) electrons. The van der Waals surface area contributed by atoms with E-state index in [9.17, 15) is 14.0 Å². The van der Waals surface area contributed by atoms with E-state index in [2.05, 4.69) is 10.4 Å². The number of halogens is 1. The normalized spacial score (nSPS) is 14.1. The van der Waals surface area contributed by atoms with Gasteiger partial charge in [0.25, 0.3) is 11.8 Å². The summed E-state index contributed by atoms with van der Waals surface area (Å²) in [6.45, 7) is 1.44. The quantitative estimate of drug-likeness (QED) is 0.489. The van der Waals surface area contributed by atoms with Crippen LogP contribution in [-0.4, -0.2) is 41.9 Å². The minimum absolute atomic E-state index is 0.0994. The number of amides is 2. The molecule has 0 atom stereocenters. The zero-order chi connectivity index (χ0) is 24.2. The molecule has 178 valence electrons. The first-order chi connectivity index (χ1) is 16.4. The van der Waals surface area contributed by atoms with Crippen LogP contribution in [0.25, 0.3) is 5.69 Å². The first-order valence-electron chi connectivity index (χ1n) is 10.9. The van der Waals surface area contributed by atoms with E-state index in [1.165, 1.54) is 23.9 Å². The summed E-state index contributed by atoms with van der Waals surface area (Å²) in [6, 6.07) is 10.9. The van der Waals surface area contributed by atoms with E-state index in [4.69, 9.17) is 20.9 Å². The van der Waals surface area contributed by atoms with Crippen LogP contribution in [0.5, 0.6) is 5.75 Å². The first-order valence-corrected chi connectivity index (χ1v) is 10.9. The number of hydrogen-bond donors (Lipinski definition) is 3. The average molecular weight is 468 g/mol.